The van der Waals surface area contributed by atoms with Crippen molar-refractivity contribution in [1.82, 2.24) is 0 Å². The van der Waals surface area contributed by atoms with Crippen molar-refractivity contribution in [2.75, 3.05) is 6.54 Å². The second-order valence-corrected chi connectivity index (χ2v) is 6.38. The predicted molar refractivity (Wildman–Crippen MR) is 68.9 cm³/mol. The van der Waals surface area contributed by atoms with E-state index in [1.807, 2.05) is 13.0 Å². The monoisotopic (exact) mass is 271 g/mol. The van der Waals surface area contributed by atoms with Crippen LogP contribution in [-0.4, -0.2) is 31.3 Å². The summed E-state index contributed by atoms with van der Waals surface area (Å²) in [5.41, 5.74) is 6.79. The number of hydrogen-bond acceptors (Lipinski definition) is 4. The van der Waals surface area contributed by atoms with Crippen LogP contribution in [0.15, 0.2) is 24.3 Å². The van der Waals surface area contributed by atoms with E-state index in [4.69, 9.17) is 10.8 Å². The van der Waals surface area contributed by atoms with Crippen molar-refractivity contribution in [2.24, 2.45) is 5.73 Å². The van der Waals surface area contributed by atoms with Crippen molar-refractivity contribution < 1.29 is 18.3 Å². The minimum atomic E-state index is -3.73. The Bertz CT molecular complexity index is 525. The van der Waals surface area contributed by atoms with Gasteiger partial charge in [-0.1, -0.05) is 29.8 Å². The molecule has 0 heterocycles. The van der Waals surface area contributed by atoms with Gasteiger partial charge >= 0.3 is 5.97 Å². The van der Waals surface area contributed by atoms with E-state index in [1.165, 1.54) is 0 Å². The van der Waals surface area contributed by atoms with Gasteiger partial charge in [-0.15, -0.1) is 0 Å². The second kappa shape index (κ2) is 5.97. The standard InChI is InChI=1S/C12H17NO4S/c1-9-3-2-4-10(7-9)8-18(16,17)11(5-6-13)12(14)15/h2-4,7,11H,5-6,8,13H2,1H3,(H,14,15). The summed E-state index contributed by atoms with van der Waals surface area (Å²) in [6, 6.07) is 7.01. The maximum Gasteiger partial charge on any atom is 0.321 e. The summed E-state index contributed by atoms with van der Waals surface area (Å²) >= 11 is 0. The van der Waals surface area contributed by atoms with Crippen LogP contribution in [0.2, 0.25) is 0 Å². The van der Waals surface area contributed by atoms with E-state index < -0.39 is 21.1 Å². The van der Waals surface area contributed by atoms with Crippen molar-refractivity contribution in [3.8, 4) is 0 Å². The molecule has 0 aliphatic heterocycles. The van der Waals surface area contributed by atoms with Gasteiger partial charge in [0.1, 0.15) is 0 Å². The topological polar surface area (TPSA) is 97.5 Å². The molecule has 1 aromatic rings. The molecule has 0 amide bonds. The highest BCUT2D eigenvalue weighted by atomic mass is 32.2. The average Bonchev–Trinajstić information content (AvgIpc) is 2.24. The van der Waals surface area contributed by atoms with Crippen LogP contribution in [0.4, 0.5) is 0 Å². The highest BCUT2D eigenvalue weighted by Gasteiger charge is 2.31. The molecular formula is C12H17NO4S. The molecule has 18 heavy (non-hydrogen) atoms. The lowest BCUT2D eigenvalue weighted by Crippen LogP contribution is -2.33. The Morgan fingerprint density at radius 3 is 2.61 bits per heavy atom. The van der Waals surface area contributed by atoms with Crippen LogP contribution < -0.4 is 5.73 Å². The second-order valence-electron chi connectivity index (χ2n) is 4.20. The van der Waals surface area contributed by atoms with E-state index in [1.54, 1.807) is 18.2 Å². The van der Waals surface area contributed by atoms with E-state index in [-0.39, 0.29) is 18.7 Å². The number of benzene rings is 1. The van der Waals surface area contributed by atoms with E-state index in [2.05, 4.69) is 0 Å². The Labute approximate surface area is 107 Å². The third-order valence-corrected chi connectivity index (χ3v) is 4.63. The quantitative estimate of drug-likeness (QED) is 0.794. The molecule has 0 aliphatic rings. The predicted octanol–water partition coefficient (Wildman–Crippen LogP) is 0.712. The maximum atomic E-state index is 12.0. The van der Waals surface area contributed by atoms with E-state index in [0.717, 1.165) is 5.56 Å². The molecule has 0 saturated carbocycles. The summed E-state index contributed by atoms with van der Waals surface area (Å²) in [6.45, 7) is 1.88. The molecule has 0 bridgehead atoms. The number of nitrogens with two attached hydrogens (primary N) is 1. The van der Waals surface area contributed by atoms with Gasteiger partial charge in [0.25, 0.3) is 0 Å². The first-order chi connectivity index (χ1) is 8.36. The zero-order valence-corrected chi connectivity index (χ0v) is 11.0. The Balaban J connectivity index is 2.96. The number of aliphatic carboxylic acids is 1. The van der Waals surface area contributed by atoms with Crippen LogP contribution in [0.25, 0.3) is 0 Å². The average molecular weight is 271 g/mol. The summed E-state index contributed by atoms with van der Waals surface area (Å²) in [4.78, 5) is 11.0. The van der Waals surface area contributed by atoms with E-state index in [9.17, 15) is 13.2 Å². The minimum absolute atomic E-state index is 0.0318. The number of carboxylic acid groups (broad SMARTS) is 1. The molecule has 6 heteroatoms. The van der Waals surface area contributed by atoms with Crippen LogP contribution in [0.5, 0.6) is 0 Å². The van der Waals surface area contributed by atoms with Crippen LogP contribution in [0.1, 0.15) is 17.5 Å². The van der Waals surface area contributed by atoms with Crippen molar-refractivity contribution in [3.05, 3.63) is 35.4 Å². The summed E-state index contributed by atoms with van der Waals surface area (Å²) in [7, 11) is -3.73. The fourth-order valence-electron chi connectivity index (χ4n) is 1.74. The van der Waals surface area contributed by atoms with E-state index in [0.29, 0.717) is 5.56 Å². The summed E-state index contributed by atoms with van der Waals surface area (Å²) in [5, 5.41) is 7.51. The molecule has 3 N–H and O–H groups in total. The van der Waals surface area contributed by atoms with Crippen molar-refractivity contribution in [3.63, 3.8) is 0 Å². The van der Waals surface area contributed by atoms with Gasteiger partial charge in [0.2, 0.25) is 0 Å². The van der Waals surface area contributed by atoms with Crippen molar-refractivity contribution >= 4 is 15.8 Å². The Morgan fingerprint density at radius 1 is 1.44 bits per heavy atom. The Kier molecular flexibility index (Phi) is 4.86. The van der Waals surface area contributed by atoms with Gasteiger partial charge in [-0.25, -0.2) is 8.42 Å². The minimum Gasteiger partial charge on any atom is -0.480 e. The van der Waals surface area contributed by atoms with Gasteiger partial charge < -0.3 is 10.8 Å². The van der Waals surface area contributed by atoms with Gasteiger partial charge in [0.15, 0.2) is 15.1 Å². The summed E-state index contributed by atoms with van der Waals surface area (Å²) in [5.74, 6) is -1.61. The fraction of sp³-hybridized carbons (Fsp3) is 0.417. The first-order valence-corrected chi connectivity index (χ1v) is 7.28. The summed E-state index contributed by atoms with van der Waals surface area (Å²) < 4.78 is 24.0. The molecule has 0 fully saturated rings. The Morgan fingerprint density at radius 2 is 2.11 bits per heavy atom. The molecule has 0 radical (unpaired) electrons. The number of hydrogen-bond donors (Lipinski definition) is 2. The van der Waals surface area contributed by atoms with Gasteiger partial charge in [-0.05, 0) is 25.5 Å². The lowest BCUT2D eigenvalue weighted by Gasteiger charge is -2.12. The first-order valence-electron chi connectivity index (χ1n) is 5.57. The van der Waals surface area contributed by atoms with Crippen LogP contribution in [0.3, 0.4) is 0 Å². The molecule has 0 aliphatic carbocycles. The number of sulfone groups is 1. The van der Waals surface area contributed by atoms with Gasteiger partial charge in [-0.3, -0.25) is 4.79 Å². The first kappa shape index (κ1) is 14.7. The number of carboxylic acids is 1. The molecule has 0 spiro atoms. The van der Waals surface area contributed by atoms with Crippen LogP contribution >= 0.6 is 0 Å². The van der Waals surface area contributed by atoms with Crippen molar-refractivity contribution in [1.29, 1.82) is 0 Å². The highest BCUT2D eigenvalue weighted by molar-refractivity contribution is 7.92. The smallest absolute Gasteiger partial charge is 0.321 e. The molecule has 1 unspecified atom stereocenters. The molecule has 1 aromatic carbocycles. The molecule has 1 atom stereocenters. The highest BCUT2D eigenvalue weighted by Crippen LogP contribution is 2.15. The van der Waals surface area contributed by atoms with Crippen molar-refractivity contribution in [2.45, 2.75) is 24.3 Å². The van der Waals surface area contributed by atoms with Gasteiger partial charge in [-0.2, -0.15) is 0 Å². The van der Waals surface area contributed by atoms with Gasteiger partial charge in [0.05, 0.1) is 5.75 Å². The fourth-order valence-corrected chi connectivity index (χ4v) is 3.39. The molecule has 0 aromatic heterocycles. The zero-order valence-electron chi connectivity index (χ0n) is 10.2. The lowest BCUT2D eigenvalue weighted by molar-refractivity contribution is -0.136. The molecule has 5 nitrogen and oxygen atoms in total. The Hall–Kier alpha value is -1.40. The number of aryl methyl sites for hydroxylation is 1. The largest absolute Gasteiger partial charge is 0.480 e. The van der Waals surface area contributed by atoms with Gasteiger partial charge in [0, 0.05) is 0 Å². The molecule has 0 saturated heterocycles. The maximum absolute atomic E-state index is 12.0. The third kappa shape index (κ3) is 3.82. The third-order valence-electron chi connectivity index (χ3n) is 2.59. The molecule has 100 valence electrons. The lowest BCUT2D eigenvalue weighted by atomic mass is 10.2. The van der Waals surface area contributed by atoms with E-state index >= 15 is 0 Å². The summed E-state index contributed by atoms with van der Waals surface area (Å²) in [6.07, 6.45) is -0.0660. The van der Waals surface area contributed by atoms with Crippen LogP contribution in [0, 0.1) is 6.92 Å². The number of carbonyl (C=O) groups is 1. The normalized spacial score (nSPS) is 13.2. The SMILES string of the molecule is Cc1cccc(CS(=O)(=O)C(CCN)C(=O)O)c1. The molecular weight excluding hydrogens is 254 g/mol. The zero-order chi connectivity index (χ0) is 13.8. The van der Waals surface area contributed by atoms with Crippen LogP contribution in [-0.2, 0) is 20.4 Å². The number of rotatable bonds is 6. The molecule has 1 rings (SSSR count).